The third-order valence-corrected chi connectivity index (χ3v) is 3.25. The van der Waals surface area contributed by atoms with E-state index < -0.39 is 12.0 Å². The monoisotopic (exact) mass is 320 g/mol. The summed E-state index contributed by atoms with van der Waals surface area (Å²) in [5.74, 6) is -1.36. The SMILES string of the molecule is [N-]=[N+]=Nc1ccccc1COC(=O)CCCCC[C@H](N)C(=O)O. The highest BCUT2D eigenvalue weighted by molar-refractivity contribution is 5.73. The molecule has 1 aromatic carbocycles. The van der Waals surface area contributed by atoms with Crippen molar-refractivity contribution in [1.29, 1.82) is 0 Å². The summed E-state index contributed by atoms with van der Waals surface area (Å²) in [6, 6.07) is 6.03. The molecule has 124 valence electrons. The molecule has 0 spiro atoms. The third-order valence-electron chi connectivity index (χ3n) is 3.25. The molecule has 0 radical (unpaired) electrons. The lowest BCUT2D eigenvalue weighted by Gasteiger charge is -2.08. The Bertz CT molecular complexity index is 585. The fraction of sp³-hybridized carbons (Fsp3) is 0.467. The van der Waals surface area contributed by atoms with Crippen molar-refractivity contribution >= 4 is 17.6 Å². The molecule has 23 heavy (non-hydrogen) atoms. The Labute approximate surface area is 133 Å². The van der Waals surface area contributed by atoms with Gasteiger partial charge in [-0.15, -0.1) is 0 Å². The molecule has 1 atom stereocenters. The number of ether oxygens (including phenoxy) is 1. The molecule has 3 N–H and O–H groups in total. The van der Waals surface area contributed by atoms with E-state index in [0.29, 0.717) is 36.9 Å². The number of carboxylic acid groups (broad SMARTS) is 1. The first kappa shape index (κ1) is 18.5. The number of nitrogens with two attached hydrogens (primary N) is 1. The van der Waals surface area contributed by atoms with Gasteiger partial charge in [0.05, 0.1) is 0 Å². The molecule has 0 fully saturated rings. The minimum absolute atomic E-state index is 0.0535. The molecular weight excluding hydrogens is 300 g/mol. The molecule has 0 aliphatic rings. The Balaban J connectivity index is 2.25. The van der Waals surface area contributed by atoms with E-state index in [1.807, 2.05) is 0 Å². The Morgan fingerprint density at radius 3 is 2.74 bits per heavy atom. The first-order valence-corrected chi connectivity index (χ1v) is 7.31. The van der Waals surface area contributed by atoms with Gasteiger partial charge in [0.2, 0.25) is 0 Å². The van der Waals surface area contributed by atoms with E-state index in [0.717, 1.165) is 0 Å². The highest BCUT2D eigenvalue weighted by atomic mass is 16.5. The lowest BCUT2D eigenvalue weighted by Crippen LogP contribution is -2.29. The first-order valence-electron chi connectivity index (χ1n) is 7.31. The van der Waals surface area contributed by atoms with Crippen molar-refractivity contribution in [3.63, 3.8) is 0 Å². The number of rotatable bonds is 10. The Morgan fingerprint density at radius 2 is 2.04 bits per heavy atom. The van der Waals surface area contributed by atoms with Crippen molar-refractivity contribution < 1.29 is 19.4 Å². The number of carboxylic acids is 1. The topological polar surface area (TPSA) is 138 Å². The van der Waals surface area contributed by atoms with Gasteiger partial charge in [0.25, 0.3) is 0 Å². The predicted molar refractivity (Wildman–Crippen MR) is 83.7 cm³/mol. The maximum absolute atomic E-state index is 11.6. The molecule has 1 aromatic rings. The van der Waals surface area contributed by atoms with Crippen molar-refractivity contribution in [3.8, 4) is 0 Å². The van der Waals surface area contributed by atoms with E-state index in [1.54, 1.807) is 24.3 Å². The fourth-order valence-corrected chi connectivity index (χ4v) is 1.94. The van der Waals surface area contributed by atoms with Crippen molar-refractivity contribution in [3.05, 3.63) is 40.3 Å². The molecule has 0 bridgehead atoms. The minimum atomic E-state index is -1.01. The molecule has 0 aliphatic carbocycles. The molecule has 0 aliphatic heterocycles. The molecular formula is C15H20N4O4. The standard InChI is InChI=1S/C15H20N4O4/c16-12(15(21)22)7-2-1-3-9-14(20)23-10-11-6-4-5-8-13(11)18-19-17/h4-6,8,12H,1-3,7,9-10,16H2,(H,21,22)/t12-/m0/s1. The second kappa shape index (κ2) is 10.2. The fourth-order valence-electron chi connectivity index (χ4n) is 1.94. The summed E-state index contributed by atoms with van der Waals surface area (Å²) >= 11 is 0. The van der Waals surface area contributed by atoms with Crippen LogP contribution in [0.1, 0.15) is 37.7 Å². The molecule has 8 nitrogen and oxygen atoms in total. The van der Waals surface area contributed by atoms with Crippen LogP contribution in [0, 0.1) is 0 Å². The van der Waals surface area contributed by atoms with Crippen LogP contribution in [-0.2, 0) is 20.9 Å². The number of nitrogens with zero attached hydrogens (tertiary/aromatic N) is 3. The van der Waals surface area contributed by atoms with Crippen LogP contribution in [0.25, 0.3) is 10.4 Å². The van der Waals surface area contributed by atoms with Gasteiger partial charge < -0.3 is 15.6 Å². The van der Waals surface area contributed by atoms with Crippen LogP contribution < -0.4 is 5.73 Å². The highest BCUT2D eigenvalue weighted by Gasteiger charge is 2.10. The lowest BCUT2D eigenvalue weighted by molar-refractivity contribution is -0.145. The average molecular weight is 320 g/mol. The molecule has 8 heteroatoms. The number of aliphatic carboxylic acids is 1. The van der Waals surface area contributed by atoms with E-state index in [-0.39, 0.29) is 19.0 Å². The maximum Gasteiger partial charge on any atom is 0.320 e. The highest BCUT2D eigenvalue weighted by Crippen LogP contribution is 2.20. The van der Waals surface area contributed by atoms with Crippen LogP contribution in [0.15, 0.2) is 29.4 Å². The summed E-state index contributed by atoms with van der Waals surface area (Å²) in [4.78, 5) is 24.9. The molecule has 0 saturated heterocycles. The predicted octanol–water partition coefficient (Wildman–Crippen LogP) is 3.03. The summed E-state index contributed by atoms with van der Waals surface area (Å²) in [6.45, 7) is 0.0535. The van der Waals surface area contributed by atoms with Gasteiger partial charge in [-0.25, -0.2) is 0 Å². The van der Waals surface area contributed by atoms with Gasteiger partial charge in [-0.05, 0) is 23.9 Å². The molecule has 0 aromatic heterocycles. The van der Waals surface area contributed by atoms with Crippen LogP contribution in [0.4, 0.5) is 5.69 Å². The number of carbonyl (C=O) groups excluding carboxylic acids is 1. The second-order valence-electron chi connectivity index (χ2n) is 5.02. The van der Waals surface area contributed by atoms with Gasteiger partial charge in [-0.3, -0.25) is 9.59 Å². The Hall–Kier alpha value is -2.57. The Morgan fingerprint density at radius 1 is 1.30 bits per heavy atom. The summed E-state index contributed by atoms with van der Waals surface area (Å²) in [5.41, 5.74) is 14.9. The van der Waals surface area contributed by atoms with Crippen molar-refractivity contribution in [2.24, 2.45) is 10.8 Å². The first-order chi connectivity index (χ1) is 11.0. The van der Waals surface area contributed by atoms with Crippen LogP contribution in [0.3, 0.4) is 0 Å². The zero-order valence-electron chi connectivity index (χ0n) is 12.7. The van der Waals surface area contributed by atoms with E-state index in [9.17, 15) is 9.59 Å². The number of carbonyl (C=O) groups is 2. The van der Waals surface area contributed by atoms with E-state index in [2.05, 4.69) is 10.0 Å². The Kier molecular flexibility index (Phi) is 8.20. The molecule has 0 amide bonds. The number of esters is 1. The van der Waals surface area contributed by atoms with Crippen LogP contribution in [0.2, 0.25) is 0 Å². The molecule has 1 rings (SSSR count). The van der Waals surface area contributed by atoms with Gasteiger partial charge in [0.15, 0.2) is 0 Å². The van der Waals surface area contributed by atoms with Crippen molar-refractivity contribution in [2.45, 2.75) is 44.8 Å². The van der Waals surface area contributed by atoms with Gasteiger partial charge in [0, 0.05) is 17.0 Å². The number of azide groups is 1. The average Bonchev–Trinajstić information content (AvgIpc) is 2.53. The second-order valence-corrected chi connectivity index (χ2v) is 5.02. The molecule has 0 saturated carbocycles. The van der Waals surface area contributed by atoms with Gasteiger partial charge >= 0.3 is 11.9 Å². The van der Waals surface area contributed by atoms with Gasteiger partial charge in [0.1, 0.15) is 12.6 Å². The number of benzene rings is 1. The minimum Gasteiger partial charge on any atom is -0.480 e. The van der Waals surface area contributed by atoms with Gasteiger partial charge in [-0.1, -0.05) is 42.2 Å². The molecule has 0 unspecified atom stereocenters. The summed E-state index contributed by atoms with van der Waals surface area (Å²) < 4.78 is 5.14. The van der Waals surface area contributed by atoms with Crippen molar-refractivity contribution in [2.75, 3.05) is 0 Å². The zero-order valence-corrected chi connectivity index (χ0v) is 12.7. The lowest BCUT2D eigenvalue weighted by atomic mass is 10.1. The van der Waals surface area contributed by atoms with E-state index >= 15 is 0 Å². The number of hydrogen-bond acceptors (Lipinski definition) is 5. The summed E-state index contributed by atoms with van der Waals surface area (Å²) in [5, 5.41) is 12.2. The van der Waals surface area contributed by atoms with E-state index in [1.165, 1.54) is 0 Å². The largest absolute Gasteiger partial charge is 0.480 e. The summed E-state index contributed by atoms with van der Waals surface area (Å²) in [7, 11) is 0. The number of hydrogen-bond donors (Lipinski definition) is 2. The zero-order chi connectivity index (χ0) is 17.1. The van der Waals surface area contributed by atoms with Gasteiger partial charge in [-0.2, -0.15) is 0 Å². The van der Waals surface area contributed by atoms with E-state index in [4.69, 9.17) is 21.1 Å². The normalized spacial score (nSPS) is 11.3. The molecule has 0 heterocycles. The quantitative estimate of drug-likeness (QED) is 0.224. The maximum atomic E-state index is 11.6. The van der Waals surface area contributed by atoms with Crippen LogP contribution >= 0.6 is 0 Å². The summed E-state index contributed by atoms with van der Waals surface area (Å²) in [6.07, 6.45) is 2.63. The van der Waals surface area contributed by atoms with Crippen molar-refractivity contribution in [1.82, 2.24) is 0 Å². The smallest absolute Gasteiger partial charge is 0.320 e. The number of unbranched alkanes of at least 4 members (excludes halogenated alkanes) is 2. The van der Waals surface area contributed by atoms with Crippen LogP contribution in [-0.4, -0.2) is 23.1 Å². The van der Waals surface area contributed by atoms with Crippen LogP contribution in [0.5, 0.6) is 0 Å². The third kappa shape index (κ3) is 7.30.